The van der Waals surface area contributed by atoms with E-state index in [4.69, 9.17) is 23.2 Å². The van der Waals surface area contributed by atoms with Gasteiger partial charge < -0.3 is 9.80 Å². The molecule has 26 heavy (non-hydrogen) atoms. The highest BCUT2D eigenvalue weighted by molar-refractivity contribution is 6.42. The molecule has 2 amide bonds. The van der Waals surface area contributed by atoms with Gasteiger partial charge in [-0.05, 0) is 44.4 Å². The summed E-state index contributed by atoms with van der Waals surface area (Å²) in [5.74, 6) is 0.167. The molecule has 0 spiro atoms. The second-order valence-corrected chi connectivity index (χ2v) is 7.94. The highest BCUT2D eigenvalue weighted by atomic mass is 35.5. The second kappa shape index (κ2) is 8.59. The Balaban J connectivity index is 1.51. The molecule has 2 fully saturated rings. The average molecular weight is 398 g/mol. The maximum Gasteiger partial charge on any atom is 0.253 e. The number of carbonyl (C=O) groups excluding carboxylic acids is 2. The van der Waals surface area contributed by atoms with E-state index in [1.807, 2.05) is 9.80 Å². The van der Waals surface area contributed by atoms with Crippen molar-refractivity contribution >= 4 is 35.0 Å². The van der Waals surface area contributed by atoms with E-state index in [1.54, 1.807) is 18.2 Å². The summed E-state index contributed by atoms with van der Waals surface area (Å²) in [5, 5.41) is 0.830. The van der Waals surface area contributed by atoms with Crippen molar-refractivity contribution in [3.8, 4) is 0 Å². The van der Waals surface area contributed by atoms with Crippen LogP contribution < -0.4 is 0 Å². The van der Waals surface area contributed by atoms with Gasteiger partial charge in [-0.15, -0.1) is 0 Å². The van der Waals surface area contributed by atoms with Gasteiger partial charge in [-0.2, -0.15) is 0 Å². The molecule has 1 atom stereocenters. The van der Waals surface area contributed by atoms with Gasteiger partial charge in [-0.1, -0.05) is 23.2 Å². The lowest BCUT2D eigenvalue weighted by Gasteiger charge is -2.38. The van der Waals surface area contributed by atoms with Crippen LogP contribution in [0.2, 0.25) is 10.0 Å². The molecular formula is C19H25Cl2N3O2. The fraction of sp³-hybridized carbons (Fsp3) is 0.579. The molecule has 0 unspecified atom stereocenters. The first-order valence-electron chi connectivity index (χ1n) is 9.22. The summed E-state index contributed by atoms with van der Waals surface area (Å²) in [4.78, 5) is 31.1. The van der Waals surface area contributed by atoms with Crippen molar-refractivity contribution in [1.29, 1.82) is 0 Å². The van der Waals surface area contributed by atoms with Crippen molar-refractivity contribution in [1.82, 2.24) is 14.7 Å². The van der Waals surface area contributed by atoms with E-state index in [2.05, 4.69) is 11.8 Å². The Bertz CT molecular complexity index is 675. The van der Waals surface area contributed by atoms with E-state index < -0.39 is 0 Å². The van der Waals surface area contributed by atoms with Crippen molar-refractivity contribution in [2.45, 2.75) is 32.2 Å². The Hall–Kier alpha value is -1.30. The quantitative estimate of drug-likeness (QED) is 0.786. The van der Waals surface area contributed by atoms with Crippen LogP contribution in [0.3, 0.4) is 0 Å². The average Bonchev–Trinajstić information content (AvgIpc) is 2.64. The molecule has 1 aromatic carbocycles. The summed E-state index contributed by atoms with van der Waals surface area (Å²) in [5.41, 5.74) is 0.547. The predicted molar refractivity (Wildman–Crippen MR) is 104 cm³/mol. The van der Waals surface area contributed by atoms with Crippen molar-refractivity contribution in [3.63, 3.8) is 0 Å². The molecule has 2 heterocycles. The highest BCUT2D eigenvalue weighted by Crippen LogP contribution is 2.23. The van der Waals surface area contributed by atoms with Crippen LogP contribution in [0.25, 0.3) is 0 Å². The SMILES string of the molecule is C[C@@H]1CCCCN1C(=O)CN1CCN(C(=O)c2ccc(Cl)c(Cl)c2)CC1. The standard InChI is InChI=1S/C19H25Cl2N3O2/c1-14-4-2-3-7-24(14)18(25)13-22-8-10-23(11-9-22)19(26)15-5-6-16(20)17(21)12-15/h5-6,12,14H,2-4,7-11,13H2,1H3/t14-/m1/s1. The van der Waals surface area contributed by atoms with Crippen LogP contribution in [-0.4, -0.2) is 71.8 Å². The van der Waals surface area contributed by atoms with E-state index >= 15 is 0 Å². The van der Waals surface area contributed by atoms with Gasteiger partial charge in [0.15, 0.2) is 0 Å². The molecule has 2 aliphatic heterocycles. The molecule has 2 aliphatic rings. The Labute approximate surface area is 164 Å². The molecule has 5 nitrogen and oxygen atoms in total. The van der Waals surface area contributed by atoms with Gasteiger partial charge in [0.05, 0.1) is 16.6 Å². The van der Waals surface area contributed by atoms with Crippen LogP contribution in [-0.2, 0) is 4.79 Å². The third-order valence-electron chi connectivity index (χ3n) is 5.31. The minimum atomic E-state index is -0.0424. The number of halogens is 2. The Morgan fingerprint density at radius 3 is 2.42 bits per heavy atom. The van der Waals surface area contributed by atoms with Crippen LogP contribution in [0.4, 0.5) is 0 Å². The first kappa shape index (κ1) is 19.5. The monoisotopic (exact) mass is 397 g/mol. The molecule has 0 bridgehead atoms. The molecule has 0 aliphatic carbocycles. The summed E-state index contributed by atoms with van der Waals surface area (Å²) in [6.07, 6.45) is 3.40. The topological polar surface area (TPSA) is 43.9 Å². The van der Waals surface area contributed by atoms with E-state index in [9.17, 15) is 9.59 Å². The second-order valence-electron chi connectivity index (χ2n) is 7.13. The lowest BCUT2D eigenvalue weighted by molar-refractivity contribution is -0.136. The van der Waals surface area contributed by atoms with Crippen molar-refractivity contribution in [3.05, 3.63) is 33.8 Å². The van der Waals surface area contributed by atoms with Crippen LogP contribution >= 0.6 is 23.2 Å². The molecule has 0 aromatic heterocycles. The van der Waals surface area contributed by atoms with E-state index in [0.717, 1.165) is 19.4 Å². The zero-order valence-electron chi connectivity index (χ0n) is 15.1. The summed E-state index contributed by atoms with van der Waals surface area (Å²) < 4.78 is 0. The maximum absolute atomic E-state index is 12.6. The van der Waals surface area contributed by atoms with Gasteiger partial charge in [0.25, 0.3) is 5.91 Å². The zero-order chi connectivity index (χ0) is 18.7. The van der Waals surface area contributed by atoms with Gasteiger partial charge in [0.1, 0.15) is 0 Å². The number of hydrogen-bond donors (Lipinski definition) is 0. The van der Waals surface area contributed by atoms with Crippen LogP contribution in [0.15, 0.2) is 18.2 Å². The first-order chi connectivity index (χ1) is 12.5. The largest absolute Gasteiger partial charge is 0.339 e. The Kier molecular flexibility index (Phi) is 6.43. The molecular weight excluding hydrogens is 373 g/mol. The number of piperidine rings is 1. The third kappa shape index (κ3) is 4.51. The Morgan fingerprint density at radius 2 is 1.77 bits per heavy atom. The number of benzene rings is 1. The van der Waals surface area contributed by atoms with Crippen LogP contribution in [0, 0.1) is 0 Å². The van der Waals surface area contributed by atoms with Gasteiger partial charge in [0.2, 0.25) is 5.91 Å². The number of nitrogens with zero attached hydrogens (tertiary/aromatic N) is 3. The van der Waals surface area contributed by atoms with Gasteiger partial charge in [0, 0.05) is 44.3 Å². The molecule has 0 N–H and O–H groups in total. The first-order valence-corrected chi connectivity index (χ1v) is 9.97. The minimum Gasteiger partial charge on any atom is -0.339 e. The molecule has 7 heteroatoms. The van der Waals surface area contributed by atoms with Gasteiger partial charge in [-0.25, -0.2) is 0 Å². The zero-order valence-corrected chi connectivity index (χ0v) is 16.6. The number of piperazine rings is 1. The summed E-state index contributed by atoms with van der Waals surface area (Å²) in [6, 6.07) is 5.30. The van der Waals surface area contributed by atoms with E-state index in [0.29, 0.717) is 54.4 Å². The molecule has 0 radical (unpaired) electrons. The normalized spacial score (nSPS) is 21.7. The van der Waals surface area contributed by atoms with E-state index in [-0.39, 0.29) is 11.8 Å². The minimum absolute atomic E-state index is 0.0424. The summed E-state index contributed by atoms with van der Waals surface area (Å²) in [7, 11) is 0. The highest BCUT2D eigenvalue weighted by Gasteiger charge is 2.27. The lowest BCUT2D eigenvalue weighted by atomic mass is 10.0. The molecule has 0 saturated carbocycles. The maximum atomic E-state index is 12.6. The number of carbonyl (C=O) groups is 2. The number of amides is 2. The summed E-state index contributed by atoms with van der Waals surface area (Å²) >= 11 is 11.9. The molecule has 1 aromatic rings. The fourth-order valence-corrected chi connectivity index (χ4v) is 3.97. The number of rotatable bonds is 3. The molecule has 3 rings (SSSR count). The fourth-order valence-electron chi connectivity index (χ4n) is 3.67. The third-order valence-corrected chi connectivity index (χ3v) is 6.05. The predicted octanol–water partition coefficient (Wildman–Crippen LogP) is 3.15. The number of hydrogen-bond acceptors (Lipinski definition) is 3. The van der Waals surface area contributed by atoms with Crippen molar-refractivity contribution < 1.29 is 9.59 Å². The van der Waals surface area contributed by atoms with Crippen LogP contribution in [0.5, 0.6) is 0 Å². The molecule has 142 valence electrons. The van der Waals surface area contributed by atoms with E-state index in [1.165, 1.54) is 6.42 Å². The lowest BCUT2D eigenvalue weighted by Crippen LogP contribution is -2.53. The summed E-state index contributed by atoms with van der Waals surface area (Å²) in [6.45, 7) is 6.09. The van der Waals surface area contributed by atoms with Crippen molar-refractivity contribution in [2.24, 2.45) is 0 Å². The smallest absolute Gasteiger partial charge is 0.253 e. The Morgan fingerprint density at radius 1 is 1.04 bits per heavy atom. The van der Waals surface area contributed by atoms with Crippen LogP contribution in [0.1, 0.15) is 36.5 Å². The van der Waals surface area contributed by atoms with Gasteiger partial charge >= 0.3 is 0 Å². The number of likely N-dealkylation sites (tertiary alicyclic amines) is 1. The van der Waals surface area contributed by atoms with Gasteiger partial charge in [-0.3, -0.25) is 14.5 Å². The molecule has 2 saturated heterocycles. The van der Waals surface area contributed by atoms with Crippen molar-refractivity contribution in [2.75, 3.05) is 39.3 Å².